The number of hydrogen-bond donors (Lipinski definition) is 0. The first kappa shape index (κ1) is 31.9. The van der Waals surface area contributed by atoms with Crippen LogP contribution in [0, 0.1) is 0 Å². The highest BCUT2D eigenvalue weighted by Crippen LogP contribution is 2.41. The van der Waals surface area contributed by atoms with Crippen LogP contribution in [0.1, 0.15) is 0 Å². The third-order valence-corrected chi connectivity index (χ3v) is 11.0. The number of para-hydroxylation sites is 3. The Morgan fingerprint density at radius 2 is 0.929 bits per heavy atom. The van der Waals surface area contributed by atoms with Crippen LogP contribution in [0.3, 0.4) is 0 Å². The van der Waals surface area contributed by atoms with Crippen LogP contribution in [0.5, 0.6) is 0 Å². The predicted molar refractivity (Wildman–Crippen MR) is 232 cm³/mol. The van der Waals surface area contributed by atoms with Crippen LogP contribution in [-0.4, -0.2) is 19.1 Å². The Kier molecular flexibility index (Phi) is 7.46. The number of fused-ring (bicyclic) bond motifs is 6. The topological polar surface area (TPSA) is 35.6 Å². The van der Waals surface area contributed by atoms with Crippen molar-refractivity contribution in [3.63, 3.8) is 0 Å². The van der Waals surface area contributed by atoms with E-state index in [1.54, 1.807) is 0 Å². The SMILES string of the molecule is c1ccc(-c2cc(-c3ccc(-n4c5ccc(-c6cccc7c8ccccc8n(-c8ccccc8)c67)cc5c5cccnc54)cc3)cc(-c3ccccc3)n2)cc1. The molecule has 0 unspecified atom stereocenters. The van der Waals surface area contributed by atoms with Crippen LogP contribution < -0.4 is 0 Å². The van der Waals surface area contributed by atoms with E-state index in [0.29, 0.717) is 0 Å². The first-order valence-electron chi connectivity index (χ1n) is 19.0. The minimum absolute atomic E-state index is 0.936. The molecule has 0 N–H and O–H groups in total. The molecule has 7 aromatic carbocycles. The van der Waals surface area contributed by atoms with E-state index in [1.807, 2.05) is 24.4 Å². The van der Waals surface area contributed by atoms with Crippen molar-refractivity contribution in [3.05, 3.63) is 206 Å². The summed E-state index contributed by atoms with van der Waals surface area (Å²) in [5.74, 6) is 0. The van der Waals surface area contributed by atoms with Gasteiger partial charge in [-0.05, 0) is 83.4 Å². The summed E-state index contributed by atoms with van der Waals surface area (Å²) in [6.07, 6.45) is 1.89. The molecule has 0 atom stereocenters. The van der Waals surface area contributed by atoms with Crippen LogP contribution >= 0.6 is 0 Å². The summed E-state index contributed by atoms with van der Waals surface area (Å²) in [4.78, 5) is 10.0. The van der Waals surface area contributed by atoms with Gasteiger partial charge in [-0.15, -0.1) is 0 Å². The van der Waals surface area contributed by atoms with Gasteiger partial charge in [0.25, 0.3) is 0 Å². The van der Waals surface area contributed by atoms with Gasteiger partial charge in [-0.25, -0.2) is 9.97 Å². The summed E-state index contributed by atoms with van der Waals surface area (Å²) in [5, 5.41) is 4.78. The standard InChI is InChI=1S/C52H34N4/c1-4-14-36(15-5-1)47-33-39(34-48(54-47)37-16-6-2-7-17-37)35-25-28-41(29-26-35)56-50-30-27-38(32-46(50)45-23-13-31-53-52(45)56)42-21-12-22-44-43-20-10-11-24-49(43)55(51(42)44)40-18-8-3-9-19-40/h1-34H. The molecule has 0 aliphatic rings. The highest BCUT2D eigenvalue weighted by Gasteiger charge is 2.19. The van der Waals surface area contributed by atoms with Crippen molar-refractivity contribution < 1.29 is 0 Å². The van der Waals surface area contributed by atoms with Crippen LogP contribution in [-0.2, 0) is 0 Å². The summed E-state index contributed by atoms with van der Waals surface area (Å²) in [7, 11) is 0. The number of hydrogen-bond acceptors (Lipinski definition) is 2. The molecule has 0 spiro atoms. The zero-order valence-corrected chi connectivity index (χ0v) is 30.4. The van der Waals surface area contributed by atoms with E-state index in [4.69, 9.17) is 9.97 Å². The average Bonchev–Trinajstić information content (AvgIpc) is 3.80. The second-order valence-corrected chi connectivity index (χ2v) is 14.2. The van der Waals surface area contributed by atoms with Crippen LogP contribution in [0.25, 0.3) is 99.9 Å². The molecule has 4 heteroatoms. The Morgan fingerprint density at radius 3 is 1.66 bits per heavy atom. The smallest absolute Gasteiger partial charge is 0.145 e. The zero-order valence-electron chi connectivity index (χ0n) is 30.4. The van der Waals surface area contributed by atoms with Gasteiger partial charge in [0.1, 0.15) is 5.65 Å². The number of rotatable bonds is 6. The molecule has 11 aromatic rings. The molecule has 262 valence electrons. The summed E-state index contributed by atoms with van der Waals surface area (Å²) < 4.78 is 4.70. The summed E-state index contributed by atoms with van der Waals surface area (Å²) in [6.45, 7) is 0. The first-order valence-corrected chi connectivity index (χ1v) is 19.0. The van der Waals surface area contributed by atoms with Crippen LogP contribution in [0.2, 0.25) is 0 Å². The minimum atomic E-state index is 0.936. The molecule has 0 saturated carbocycles. The molecule has 11 rings (SSSR count). The van der Waals surface area contributed by atoms with E-state index < -0.39 is 0 Å². The molecule has 0 aliphatic heterocycles. The molecule has 0 amide bonds. The van der Waals surface area contributed by atoms with Gasteiger partial charge in [0, 0.05) is 55.8 Å². The van der Waals surface area contributed by atoms with E-state index >= 15 is 0 Å². The Labute approximate surface area is 324 Å². The fourth-order valence-corrected chi connectivity index (χ4v) is 8.39. The second kappa shape index (κ2) is 13.1. The van der Waals surface area contributed by atoms with Gasteiger partial charge in [-0.2, -0.15) is 0 Å². The maximum atomic E-state index is 5.09. The summed E-state index contributed by atoms with van der Waals surface area (Å²) in [6, 6.07) is 71.2. The van der Waals surface area contributed by atoms with Gasteiger partial charge < -0.3 is 4.57 Å². The minimum Gasteiger partial charge on any atom is -0.309 e. The fourth-order valence-electron chi connectivity index (χ4n) is 8.39. The third-order valence-electron chi connectivity index (χ3n) is 11.0. The lowest BCUT2D eigenvalue weighted by Crippen LogP contribution is -1.96. The zero-order chi connectivity index (χ0) is 37.0. The molecule has 4 nitrogen and oxygen atoms in total. The van der Waals surface area contributed by atoms with E-state index in [1.165, 1.54) is 38.3 Å². The van der Waals surface area contributed by atoms with E-state index in [-0.39, 0.29) is 0 Å². The maximum absolute atomic E-state index is 5.09. The average molecular weight is 715 g/mol. The molecular formula is C52H34N4. The number of benzene rings is 7. The molecule has 4 aromatic heterocycles. The number of nitrogens with zero attached hydrogens (tertiary/aromatic N) is 4. The Bertz CT molecular complexity index is 3160. The van der Waals surface area contributed by atoms with Crippen molar-refractivity contribution in [3.8, 4) is 56.1 Å². The normalized spacial score (nSPS) is 11.6. The molecule has 0 saturated heterocycles. The van der Waals surface area contributed by atoms with Crippen molar-refractivity contribution in [2.45, 2.75) is 0 Å². The van der Waals surface area contributed by atoms with Crippen LogP contribution in [0.15, 0.2) is 206 Å². The monoisotopic (exact) mass is 714 g/mol. The number of aromatic nitrogens is 4. The highest BCUT2D eigenvalue weighted by molar-refractivity contribution is 6.15. The van der Waals surface area contributed by atoms with Gasteiger partial charge in [0.15, 0.2) is 0 Å². The van der Waals surface area contributed by atoms with E-state index in [9.17, 15) is 0 Å². The Morgan fingerprint density at radius 1 is 0.339 bits per heavy atom. The summed E-state index contributed by atoms with van der Waals surface area (Å²) in [5.41, 5.74) is 15.4. The molecule has 0 radical (unpaired) electrons. The predicted octanol–water partition coefficient (Wildman–Crippen LogP) is 13.3. The van der Waals surface area contributed by atoms with Gasteiger partial charge in [0.2, 0.25) is 0 Å². The lowest BCUT2D eigenvalue weighted by molar-refractivity contribution is 1.14. The first-order chi connectivity index (χ1) is 27.8. The highest BCUT2D eigenvalue weighted by atomic mass is 15.0. The van der Waals surface area contributed by atoms with Crippen LogP contribution in [0.4, 0.5) is 0 Å². The van der Waals surface area contributed by atoms with E-state index in [0.717, 1.165) is 61.6 Å². The van der Waals surface area contributed by atoms with Crippen molar-refractivity contribution in [2.75, 3.05) is 0 Å². The fraction of sp³-hybridized carbons (Fsp3) is 0. The molecular weight excluding hydrogens is 681 g/mol. The lowest BCUT2D eigenvalue weighted by Gasteiger charge is -2.13. The molecule has 56 heavy (non-hydrogen) atoms. The van der Waals surface area contributed by atoms with Gasteiger partial charge in [-0.3, -0.25) is 4.57 Å². The van der Waals surface area contributed by atoms with Crippen molar-refractivity contribution in [1.29, 1.82) is 0 Å². The van der Waals surface area contributed by atoms with Gasteiger partial charge in [0.05, 0.1) is 27.9 Å². The quantitative estimate of drug-likeness (QED) is 0.172. The number of pyridine rings is 2. The Hall–Kier alpha value is -7.56. The summed E-state index contributed by atoms with van der Waals surface area (Å²) >= 11 is 0. The van der Waals surface area contributed by atoms with E-state index in [2.05, 4.69) is 191 Å². The van der Waals surface area contributed by atoms with Gasteiger partial charge in [-0.1, -0.05) is 133 Å². The third kappa shape index (κ3) is 5.23. The van der Waals surface area contributed by atoms with Crippen molar-refractivity contribution >= 4 is 43.7 Å². The van der Waals surface area contributed by atoms with Crippen molar-refractivity contribution in [1.82, 2.24) is 19.1 Å². The van der Waals surface area contributed by atoms with Crippen molar-refractivity contribution in [2.24, 2.45) is 0 Å². The largest absolute Gasteiger partial charge is 0.309 e. The molecule has 0 aliphatic carbocycles. The molecule has 0 fully saturated rings. The second-order valence-electron chi connectivity index (χ2n) is 14.2. The molecule has 4 heterocycles. The maximum Gasteiger partial charge on any atom is 0.145 e. The van der Waals surface area contributed by atoms with Gasteiger partial charge >= 0.3 is 0 Å². The lowest BCUT2D eigenvalue weighted by atomic mass is 9.99. The molecule has 0 bridgehead atoms. The Balaban J connectivity index is 1.05.